The van der Waals surface area contributed by atoms with Gasteiger partial charge in [-0.1, -0.05) is 13.8 Å². The van der Waals surface area contributed by atoms with Crippen LogP contribution in [-0.4, -0.2) is 70.5 Å². The quantitative estimate of drug-likeness (QED) is 0.151. The zero-order chi connectivity index (χ0) is 23.4. The first-order valence-corrected chi connectivity index (χ1v) is 9.19. The van der Waals surface area contributed by atoms with Gasteiger partial charge in [0.2, 0.25) is 23.6 Å². The molecule has 4 amide bonds. The van der Waals surface area contributed by atoms with Crippen LogP contribution in [-0.2, 0) is 28.8 Å². The third kappa shape index (κ3) is 11.6. The molecule has 0 radical (unpaired) electrons. The van der Waals surface area contributed by atoms with E-state index < -0.39 is 73.1 Å². The molecular weight excluding hydrogens is 402 g/mol. The number of carboxylic acids is 2. The summed E-state index contributed by atoms with van der Waals surface area (Å²) >= 11 is 0. The molecule has 0 aromatic heterocycles. The predicted molar refractivity (Wildman–Crippen MR) is 103 cm³/mol. The van der Waals surface area contributed by atoms with Crippen molar-refractivity contribution < 1.29 is 39.0 Å². The molecule has 0 saturated carbocycles. The Morgan fingerprint density at radius 3 is 2.00 bits per heavy atom. The number of carbonyl (C=O) groups excluding carboxylic acids is 4. The van der Waals surface area contributed by atoms with Crippen molar-refractivity contribution in [2.45, 2.75) is 57.7 Å². The molecule has 30 heavy (non-hydrogen) atoms. The van der Waals surface area contributed by atoms with Crippen molar-refractivity contribution in [3.8, 4) is 0 Å². The van der Waals surface area contributed by atoms with Gasteiger partial charge in [0.1, 0.15) is 12.1 Å². The number of primary amides is 1. The fraction of sp³-hybridized carbons (Fsp3) is 0.647. The number of hydrogen-bond donors (Lipinski definition) is 7. The molecule has 0 spiro atoms. The number of hydrogen-bond acceptors (Lipinski definition) is 7. The summed E-state index contributed by atoms with van der Waals surface area (Å²) in [5, 5.41) is 24.4. The minimum atomic E-state index is -1.43. The van der Waals surface area contributed by atoms with Gasteiger partial charge in [0.15, 0.2) is 0 Å². The van der Waals surface area contributed by atoms with E-state index in [9.17, 15) is 28.8 Å². The van der Waals surface area contributed by atoms with E-state index in [1.165, 1.54) is 0 Å². The Morgan fingerprint density at radius 2 is 1.53 bits per heavy atom. The molecule has 0 rings (SSSR count). The largest absolute Gasteiger partial charge is 0.481 e. The van der Waals surface area contributed by atoms with Crippen LogP contribution in [0.5, 0.6) is 0 Å². The SMILES string of the molecule is CC(C)CC(NC(=O)C(N)CC(N)=O)C(=O)NCC(=O)NC(CCC(=O)O)C(=O)O. The van der Waals surface area contributed by atoms with Crippen LogP contribution in [0.4, 0.5) is 0 Å². The van der Waals surface area contributed by atoms with E-state index in [0.717, 1.165) is 0 Å². The number of carbonyl (C=O) groups is 6. The third-order valence-electron chi connectivity index (χ3n) is 3.80. The van der Waals surface area contributed by atoms with Crippen LogP contribution in [0.15, 0.2) is 0 Å². The summed E-state index contributed by atoms with van der Waals surface area (Å²) in [5.74, 6) is -5.75. The number of carboxylic acid groups (broad SMARTS) is 2. The zero-order valence-electron chi connectivity index (χ0n) is 16.8. The standard InChI is InChI=1S/C17H29N5O8/c1-8(2)5-11(22-15(27)9(18)6-12(19)23)16(28)20-7-13(24)21-10(17(29)30)3-4-14(25)26/h8-11H,3-7,18H2,1-2H3,(H2,19,23)(H,20,28)(H,21,24)(H,22,27)(H,25,26)(H,29,30). The molecular formula is C17H29N5O8. The van der Waals surface area contributed by atoms with Crippen LogP contribution in [0.1, 0.15) is 39.5 Å². The Labute approximate surface area is 172 Å². The second-order valence-electron chi connectivity index (χ2n) is 7.08. The molecule has 0 aliphatic carbocycles. The van der Waals surface area contributed by atoms with Gasteiger partial charge >= 0.3 is 11.9 Å². The predicted octanol–water partition coefficient (Wildman–Crippen LogP) is -2.73. The first-order valence-electron chi connectivity index (χ1n) is 9.19. The molecule has 3 atom stereocenters. The maximum Gasteiger partial charge on any atom is 0.326 e. The van der Waals surface area contributed by atoms with Gasteiger partial charge < -0.3 is 37.6 Å². The lowest BCUT2D eigenvalue weighted by Crippen LogP contribution is -2.54. The van der Waals surface area contributed by atoms with Gasteiger partial charge in [-0.25, -0.2) is 4.79 Å². The Kier molecular flexibility index (Phi) is 11.7. The molecule has 13 heteroatoms. The number of amides is 4. The number of aliphatic carboxylic acids is 2. The Morgan fingerprint density at radius 1 is 0.933 bits per heavy atom. The minimum Gasteiger partial charge on any atom is -0.481 e. The van der Waals surface area contributed by atoms with Crippen molar-refractivity contribution in [3.05, 3.63) is 0 Å². The summed E-state index contributed by atoms with van der Waals surface area (Å²) in [7, 11) is 0. The summed E-state index contributed by atoms with van der Waals surface area (Å²) in [6, 6.07) is -3.71. The Balaban J connectivity index is 4.85. The highest BCUT2D eigenvalue weighted by Crippen LogP contribution is 2.06. The van der Waals surface area contributed by atoms with Crippen LogP contribution in [0.2, 0.25) is 0 Å². The average Bonchev–Trinajstić information content (AvgIpc) is 2.60. The summed E-state index contributed by atoms with van der Waals surface area (Å²) in [6.45, 7) is 3.00. The molecule has 0 aliphatic heterocycles. The van der Waals surface area contributed by atoms with Gasteiger partial charge in [-0.2, -0.15) is 0 Å². The van der Waals surface area contributed by atoms with E-state index in [1.807, 2.05) is 0 Å². The van der Waals surface area contributed by atoms with Gasteiger partial charge in [-0.05, 0) is 18.8 Å². The second-order valence-corrected chi connectivity index (χ2v) is 7.08. The van der Waals surface area contributed by atoms with Crippen LogP contribution in [0.25, 0.3) is 0 Å². The molecule has 0 fully saturated rings. The van der Waals surface area contributed by atoms with E-state index in [1.54, 1.807) is 13.8 Å². The van der Waals surface area contributed by atoms with Gasteiger partial charge in [-0.3, -0.25) is 24.0 Å². The van der Waals surface area contributed by atoms with Crippen LogP contribution < -0.4 is 27.4 Å². The van der Waals surface area contributed by atoms with Crippen LogP contribution >= 0.6 is 0 Å². The molecule has 170 valence electrons. The summed E-state index contributed by atoms with van der Waals surface area (Å²) < 4.78 is 0. The minimum absolute atomic E-state index is 0.0188. The van der Waals surface area contributed by atoms with Crippen molar-refractivity contribution in [3.63, 3.8) is 0 Å². The van der Waals surface area contributed by atoms with Crippen molar-refractivity contribution in [1.29, 1.82) is 0 Å². The molecule has 0 aliphatic rings. The van der Waals surface area contributed by atoms with Crippen LogP contribution in [0, 0.1) is 5.92 Å². The van der Waals surface area contributed by atoms with Crippen molar-refractivity contribution in [2.75, 3.05) is 6.54 Å². The summed E-state index contributed by atoms with van der Waals surface area (Å²) in [6.07, 6.45) is -0.984. The van der Waals surface area contributed by atoms with E-state index in [0.29, 0.717) is 0 Å². The Hall–Kier alpha value is -3.22. The molecule has 0 bridgehead atoms. The maximum absolute atomic E-state index is 12.4. The van der Waals surface area contributed by atoms with Gasteiger partial charge in [0.05, 0.1) is 19.0 Å². The second kappa shape index (κ2) is 13.1. The fourth-order valence-corrected chi connectivity index (χ4v) is 2.35. The third-order valence-corrected chi connectivity index (χ3v) is 3.80. The van der Waals surface area contributed by atoms with Crippen molar-refractivity contribution in [1.82, 2.24) is 16.0 Å². The molecule has 9 N–H and O–H groups in total. The Bertz CT molecular complexity index is 667. The van der Waals surface area contributed by atoms with E-state index in [2.05, 4.69) is 16.0 Å². The van der Waals surface area contributed by atoms with E-state index in [4.69, 9.17) is 21.7 Å². The molecule has 0 saturated heterocycles. The number of rotatable bonds is 14. The number of nitrogens with two attached hydrogens (primary N) is 2. The normalized spacial score (nSPS) is 13.6. The molecule has 0 aromatic rings. The first-order chi connectivity index (χ1) is 13.8. The lowest BCUT2D eigenvalue weighted by molar-refractivity contribution is -0.143. The van der Waals surface area contributed by atoms with Gasteiger partial charge in [-0.15, -0.1) is 0 Å². The van der Waals surface area contributed by atoms with E-state index in [-0.39, 0.29) is 18.8 Å². The van der Waals surface area contributed by atoms with Crippen LogP contribution in [0.3, 0.4) is 0 Å². The first kappa shape index (κ1) is 26.8. The number of nitrogens with one attached hydrogen (secondary N) is 3. The monoisotopic (exact) mass is 431 g/mol. The molecule has 13 nitrogen and oxygen atoms in total. The summed E-state index contributed by atoms with van der Waals surface area (Å²) in [5.41, 5.74) is 10.5. The van der Waals surface area contributed by atoms with Crippen molar-refractivity contribution >= 4 is 35.6 Å². The highest BCUT2D eigenvalue weighted by Gasteiger charge is 2.26. The smallest absolute Gasteiger partial charge is 0.326 e. The molecule has 0 heterocycles. The zero-order valence-corrected chi connectivity index (χ0v) is 16.8. The van der Waals surface area contributed by atoms with Gasteiger partial charge in [0.25, 0.3) is 0 Å². The topological polar surface area (TPSA) is 231 Å². The highest BCUT2D eigenvalue weighted by molar-refractivity contribution is 5.93. The highest BCUT2D eigenvalue weighted by atomic mass is 16.4. The lowest BCUT2D eigenvalue weighted by atomic mass is 10.0. The lowest BCUT2D eigenvalue weighted by Gasteiger charge is -2.22. The van der Waals surface area contributed by atoms with Crippen molar-refractivity contribution in [2.24, 2.45) is 17.4 Å². The van der Waals surface area contributed by atoms with E-state index >= 15 is 0 Å². The fourth-order valence-electron chi connectivity index (χ4n) is 2.35. The average molecular weight is 431 g/mol. The van der Waals surface area contributed by atoms with Gasteiger partial charge in [0, 0.05) is 6.42 Å². The molecule has 0 aromatic carbocycles. The summed E-state index contributed by atoms with van der Waals surface area (Å²) in [4.78, 5) is 68.8. The maximum atomic E-state index is 12.4. The molecule has 3 unspecified atom stereocenters.